The molecule has 20 heavy (non-hydrogen) atoms. The maximum absolute atomic E-state index is 4.57. The molecular weight excluding hydrogens is 246 g/mol. The lowest BCUT2D eigenvalue weighted by atomic mass is 10.0. The molecule has 1 fully saturated rings. The van der Waals surface area contributed by atoms with Crippen LogP contribution in [0.25, 0.3) is 0 Å². The van der Waals surface area contributed by atoms with E-state index in [1.807, 2.05) is 6.20 Å². The van der Waals surface area contributed by atoms with Gasteiger partial charge in [0.25, 0.3) is 0 Å². The Morgan fingerprint density at radius 2 is 2.30 bits per heavy atom. The van der Waals surface area contributed by atoms with E-state index < -0.39 is 0 Å². The zero-order valence-electron chi connectivity index (χ0n) is 13.2. The van der Waals surface area contributed by atoms with Crippen LogP contribution < -0.4 is 5.32 Å². The van der Waals surface area contributed by atoms with Crippen LogP contribution in [0.15, 0.2) is 18.3 Å². The van der Waals surface area contributed by atoms with Gasteiger partial charge in [0.15, 0.2) is 0 Å². The molecule has 1 aliphatic rings. The van der Waals surface area contributed by atoms with Gasteiger partial charge in [-0.15, -0.1) is 0 Å². The van der Waals surface area contributed by atoms with Crippen LogP contribution in [0.2, 0.25) is 0 Å². The molecular formula is C17H29N3. The Labute approximate surface area is 123 Å². The van der Waals surface area contributed by atoms with Crippen molar-refractivity contribution in [1.29, 1.82) is 0 Å². The van der Waals surface area contributed by atoms with Gasteiger partial charge in [-0.05, 0) is 44.3 Å². The van der Waals surface area contributed by atoms with E-state index in [0.29, 0.717) is 12.0 Å². The number of hydrogen-bond donors (Lipinski definition) is 1. The van der Waals surface area contributed by atoms with Crippen molar-refractivity contribution in [3.05, 3.63) is 23.9 Å². The average molecular weight is 275 g/mol. The largest absolute Gasteiger partial charge is 0.370 e. The molecule has 2 rings (SSSR count). The van der Waals surface area contributed by atoms with Gasteiger partial charge in [0.2, 0.25) is 0 Å². The second-order valence-electron chi connectivity index (χ2n) is 6.26. The third-order valence-corrected chi connectivity index (χ3v) is 4.04. The number of likely N-dealkylation sites (tertiary alicyclic amines) is 1. The molecule has 0 radical (unpaired) electrons. The topological polar surface area (TPSA) is 28.2 Å². The van der Waals surface area contributed by atoms with E-state index in [4.69, 9.17) is 0 Å². The smallest absolute Gasteiger partial charge is 0.130 e. The molecule has 1 unspecified atom stereocenters. The number of pyridine rings is 1. The van der Waals surface area contributed by atoms with E-state index in [1.54, 1.807) is 0 Å². The number of nitrogens with one attached hydrogen (secondary N) is 1. The quantitative estimate of drug-likeness (QED) is 0.812. The monoisotopic (exact) mass is 275 g/mol. The lowest BCUT2D eigenvalue weighted by Gasteiger charge is -2.26. The van der Waals surface area contributed by atoms with Crippen molar-refractivity contribution in [2.45, 2.75) is 52.5 Å². The van der Waals surface area contributed by atoms with Gasteiger partial charge in [-0.1, -0.05) is 33.3 Å². The highest BCUT2D eigenvalue weighted by atomic mass is 15.2. The van der Waals surface area contributed by atoms with E-state index in [9.17, 15) is 0 Å². The van der Waals surface area contributed by atoms with Crippen LogP contribution in [0.5, 0.6) is 0 Å². The molecule has 0 spiro atoms. The Hall–Kier alpha value is -1.09. The first-order valence-corrected chi connectivity index (χ1v) is 8.15. The van der Waals surface area contributed by atoms with Crippen LogP contribution in [-0.2, 0) is 0 Å². The molecule has 0 aliphatic carbocycles. The minimum absolute atomic E-state index is 0.560. The summed E-state index contributed by atoms with van der Waals surface area (Å²) in [5, 5.41) is 3.53. The maximum Gasteiger partial charge on any atom is 0.130 e. The number of nitrogens with zero attached hydrogens (tertiary/aromatic N) is 2. The first-order chi connectivity index (χ1) is 9.72. The molecule has 1 aromatic rings. The number of hydrogen-bond acceptors (Lipinski definition) is 3. The number of anilines is 1. The summed E-state index contributed by atoms with van der Waals surface area (Å²) < 4.78 is 0. The van der Waals surface area contributed by atoms with Crippen molar-refractivity contribution in [2.24, 2.45) is 5.92 Å². The average Bonchev–Trinajstić information content (AvgIpc) is 2.91. The zero-order valence-corrected chi connectivity index (χ0v) is 13.2. The minimum atomic E-state index is 0.560. The lowest BCUT2D eigenvalue weighted by molar-refractivity contribution is 0.253. The molecule has 0 bridgehead atoms. The highest BCUT2D eigenvalue weighted by molar-refractivity contribution is 5.46. The highest BCUT2D eigenvalue weighted by Crippen LogP contribution is 2.35. The summed E-state index contributed by atoms with van der Waals surface area (Å²) in [6.45, 7) is 10.2. The van der Waals surface area contributed by atoms with Crippen molar-refractivity contribution in [1.82, 2.24) is 9.88 Å². The van der Waals surface area contributed by atoms with Gasteiger partial charge in [-0.2, -0.15) is 0 Å². The molecule has 112 valence electrons. The van der Waals surface area contributed by atoms with E-state index in [0.717, 1.165) is 12.4 Å². The van der Waals surface area contributed by atoms with Crippen molar-refractivity contribution < 1.29 is 0 Å². The van der Waals surface area contributed by atoms with Gasteiger partial charge in [0.1, 0.15) is 5.82 Å². The molecule has 3 nitrogen and oxygen atoms in total. The third-order valence-electron chi connectivity index (χ3n) is 4.04. The van der Waals surface area contributed by atoms with Gasteiger partial charge >= 0.3 is 0 Å². The van der Waals surface area contributed by atoms with E-state index in [2.05, 4.69) is 48.1 Å². The molecule has 1 atom stereocenters. The summed E-state index contributed by atoms with van der Waals surface area (Å²) >= 11 is 0. The Morgan fingerprint density at radius 3 is 3.05 bits per heavy atom. The SMILES string of the molecule is CCCCN1CCCC1c1cccnc1NCC(C)C. The fourth-order valence-electron chi connectivity index (χ4n) is 2.94. The van der Waals surface area contributed by atoms with E-state index in [-0.39, 0.29) is 0 Å². The predicted octanol–water partition coefficient (Wildman–Crippen LogP) is 4.09. The van der Waals surface area contributed by atoms with Crippen molar-refractivity contribution >= 4 is 5.82 Å². The van der Waals surface area contributed by atoms with Gasteiger partial charge < -0.3 is 5.32 Å². The molecule has 0 aromatic carbocycles. The molecule has 1 saturated heterocycles. The van der Waals surface area contributed by atoms with Gasteiger partial charge in [0, 0.05) is 24.3 Å². The highest BCUT2D eigenvalue weighted by Gasteiger charge is 2.27. The lowest BCUT2D eigenvalue weighted by Crippen LogP contribution is -2.25. The number of unbranched alkanes of at least 4 members (excludes halogenated alkanes) is 1. The Balaban J connectivity index is 2.10. The first-order valence-electron chi connectivity index (χ1n) is 8.15. The van der Waals surface area contributed by atoms with Gasteiger partial charge in [-0.25, -0.2) is 4.98 Å². The van der Waals surface area contributed by atoms with E-state index >= 15 is 0 Å². The van der Waals surface area contributed by atoms with Gasteiger partial charge in [-0.3, -0.25) is 4.90 Å². The predicted molar refractivity (Wildman–Crippen MR) is 86.0 cm³/mol. The normalized spacial score (nSPS) is 19.7. The Kier molecular flexibility index (Phi) is 5.84. The van der Waals surface area contributed by atoms with Gasteiger partial charge in [0.05, 0.1) is 0 Å². The van der Waals surface area contributed by atoms with Crippen LogP contribution in [0.3, 0.4) is 0 Å². The molecule has 0 saturated carbocycles. The Bertz CT molecular complexity index is 403. The van der Waals surface area contributed by atoms with Crippen molar-refractivity contribution in [3.63, 3.8) is 0 Å². The van der Waals surface area contributed by atoms with Crippen LogP contribution in [0, 0.1) is 5.92 Å². The minimum Gasteiger partial charge on any atom is -0.370 e. The van der Waals surface area contributed by atoms with Crippen LogP contribution >= 0.6 is 0 Å². The number of rotatable bonds is 7. The summed E-state index contributed by atoms with van der Waals surface area (Å²) in [4.78, 5) is 7.21. The summed E-state index contributed by atoms with van der Waals surface area (Å²) in [5.41, 5.74) is 1.39. The zero-order chi connectivity index (χ0) is 14.4. The fourth-order valence-corrected chi connectivity index (χ4v) is 2.94. The first kappa shape index (κ1) is 15.3. The summed E-state index contributed by atoms with van der Waals surface area (Å²) in [6, 6.07) is 4.89. The third kappa shape index (κ3) is 3.95. The summed E-state index contributed by atoms with van der Waals surface area (Å²) in [6.07, 6.45) is 7.05. The van der Waals surface area contributed by atoms with Crippen LogP contribution in [-0.4, -0.2) is 29.5 Å². The molecule has 1 N–H and O–H groups in total. The van der Waals surface area contributed by atoms with Crippen LogP contribution in [0.1, 0.15) is 58.1 Å². The second-order valence-corrected chi connectivity index (χ2v) is 6.26. The Morgan fingerprint density at radius 1 is 1.45 bits per heavy atom. The standard InChI is InChI=1S/C17H29N3/c1-4-5-11-20-12-7-9-16(20)15-8-6-10-18-17(15)19-13-14(2)3/h6,8,10,14,16H,4-5,7,9,11-13H2,1-3H3,(H,18,19). The molecule has 0 amide bonds. The maximum atomic E-state index is 4.57. The molecule has 3 heteroatoms. The molecule has 2 heterocycles. The summed E-state index contributed by atoms with van der Waals surface area (Å²) in [7, 11) is 0. The molecule has 1 aromatic heterocycles. The van der Waals surface area contributed by atoms with Crippen molar-refractivity contribution in [3.8, 4) is 0 Å². The summed E-state index contributed by atoms with van der Waals surface area (Å²) in [5.74, 6) is 1.74. The van der Waals surface area contributed by atoms with Crippen LogP contribution in [0.4, 0.5) is 5.82 Å². The number of aromatic nitrogens is 1. The second kappa shape index (κ2) is 7.63. The fraction of sp³-hybridized carbons (Fsp3) is 0.706. The van der Waals surface area contributed by atoms with Crippen molar-refractivity contribution in [2.75, 3.05) is 25.0 Å². The van der Waals surface area contributed by atoms with E-state index in [1.165, 1.54) is 44.3 Å². The molecule has 1 aliphatic heterocycles.